The monoisotopic (exact) mass is 300 g/mol. The summed E-state index contributed by atoms with van der Waals surface area (Å²) in [5.74, 6) is 0. The Hall–Kier alpha value is -1.10. The minimum atomic E-state index is -0.364. The maximum absolute atomic E-state index is 10.9. The van der Waals surface area contributed by atoms with Crippen molar-refractivity contribution >= 4 is 27.3 Å². The molecule has 0 aliphatic carbocycles. The molecular formula is C12H17BrN2O2. The van der Waals surface area contributed by atoms with Crippen molar-refractivity contribution in [3.63, 3.8) is 0 Å². The molecule has 0 radical (unpaired) electrons. The Bertz CT molecular complexity index is 419. The molecule has 0 fully saturated rings. The molecule has 4 nitrogen and oxygen atoms in total. The maximum atomic E-state index is 10.9. The Morgan fingerprint density at radius 3 is 2.65 bits per heavy atom. The van der Waals surface area contributed by atoms with Crippen molar-refractivity contribution < 1.29 is 4.92 Å². The van der Waals surface area contributed by atoms with E-state index in [0.29, 0.717) is 5.69 Å². The molecule has 0 saturated heterocycles. The Morgan fingerprint density at radius 2 is 2.12 bits per heavy atom. The number of nitro benzene ring substituents is 1. The van der Waals surface area contributed by atoms with E-state index in [1.807, 2.05) is 13.8 Å². The smallest absolute Gasteiger partial charge is 0.292 e. The number of nitrogens with one attached hydrogen (secondary N) is 1. The SMILES string of the molecule is CCCC(C)(C)Nc1cc(Br)ccc1[N+](=O)[O-]. The van der Waals surface area contributed by atoms with Crippen LogP contribution in [-0.4, -0.2) is 10.5 Å². The minimum absolute atomic E-state index is 0.109. The first-order chi connectivity index (χ1) is 7.85. The number of hydrogen-bond acceptors (Lipinski definition) is 3. The van der Waals surface area contributed by atoms with Crippen LogP contribution in [-0.2, 0) is 0 Å². The molecule has 17 heavy (non-hydrogen) atoms. The summed E-state index contributed by atoms with van der Waals surface area (Å²) >= 11 is 3.33. The van der Waals surface area contributed by atoms with Gasteiger partial charge in [0.25, 0.3) is 5.69 Å². The predicted molar refractivity (Wildman–Crippen MR) is 73.4 cm³/mol. The van der Waals surface area contributed by atoms with E-state index < -0.39 is 0 Å². The lowest BCUT2D eigenvalue weighted by Gasteiger charge is -2.27. The van der Waals surface area contributed by atoms with E-state index in [9.17, 15) is 10.1 Å². The van der Waals surface area contributed by atoms with Crippen molar-refractivity contribution in [1.82, 2.24) is 0 Å². The van der Waals surface area contributed by atoms with Crippen LogP contribution >= 0.6 is 15.9 Å². The van der Waals surface area contributed by atoms with Gasteiger partial charge in [-0.2, -0.15) is 0 Å². The first-order valence-electron chi connectivity index (χ1n) is 5.58. The Labute approximate surface area is 110 Å². The minimum Gasteiger partial charge on any atom is -0.375 e. The fourth-order valence-electron chi connectivity index (χ4n) is 1.82. The number of hydrogen-bond donors (Lipinski definition) is 1. The van der Waals surface area contributed by atoms with Gasteiger partial charge < -0.3 is 5.32 Å². The molecule has 1 aromatic carbocycles. The second-order valence-corrected chi connectivity index (χ2v) is 5.59. The summed E-state index contributed by atoms with van der Waals surface area (Å²) in [4.78, 5) is 10.6. The number of nitro groups is 1. The fraction of sp³-hybridized carbons (Fsp3) is 0.500. The summed E-state index contributed by atoms with van der Waals surface area (Å²) in [6.45, 7) is 6.18. The molecule has 1 rings (SSSR count). The molecule has 1 aromatic rings. The van der Waals surface area contributed by atoms with Crippen LogP contribution in [0.1, 0.15) is 33.6 Å². The molecular weight excluding hydrogens is 284 g/mol. The largest absolute Gasteiger partial charge is 0.375 e. The summed E-state index contributed by atoms with van der Waals surface area (Å²) in [6, 6.07) is 4.93. The summed E-state index contributed by atoms with van der Waals surface area (Å²) in [7, 11) is 0. The Kier molecular flexibility index (Phi) is 4.51. The first-order valence-corrected chi connectivity index (χ1v) is 6.37. The van der Waals surface area contributed by atoms with E-state index in [1.54, 1.807) is 12.1 Å². The van der Waals surface area contributed by atoms with Crippen molar-refractivity contribution in [1.29, 1.82) is 0 Å². The van der Waals surface area contributed by atoms with E-state index in [0.717, 1.165) is 17.3 Å². The molecule has 0 aliphatic heterocycles. The van der Waals surface area contributed by atoms with Crippen molar-refractivity contribution in [2.24, 2.45) is 0 Å². The quantitative estimate of drug-likeness (QED) is 0.650. The third-order valence-electron chi connectivity index (χ3n) is 2.50. The lowest BCUT2D eigenvalue weighted by Crippen LogP contribution is -2.30. The van der Waals surface area contributed by atoms with Gasteiger partial charge in [0.05, 0.1) is 4.92 Å². The van der Waals surface area contributed by atoms with Crippen LogP contribution in [0.15, 0.2) is 22.7 Å². The molecule has 0 aromatic heterocycles. The van der Waals surface area contributed by atoms with Crippen LogP contribution in [0.25, 0.3) is 0 Å². The molecule has 0 heterocycles. The van der Waals surface area contributed by atoms with E-state index in [1.165, 1.54) is 6.07 Å². The molecule has 0 amide bonds. The highest BCUT2D eigenvalue weighted by molar-refractivity contribution is 9.10. The second-order valence-electron chi connectivity index (χ2n) is 4.68. The van der Waals surface area contributed by atoms with Crippen LogP contribution in [0.5, 0.6) is 0 Å². The molecule has 0 aliphatic rings. The third kappa shape index (κ3) is 4.00. The van der Waals surface area contributed by atoms with E-state index in [2.05, 4.69) is 28.2 Å². The topological polar surface area (TPSA) is 55.2 Å². The van der Waals surface area contributed by atoms with Crippen molar-refractivity contribution in [2.75, 3.05) is 5.32 Å². The fourth-order valence-corrected chi connectivity index (χ4v) is 2.18. The highest BCUT2D eigenvalue weighted by atomic mass is 79.9. The van der Waals surface area contributed by atoms with Crippen molar-refractivity contribution in [3.05, 3.63) is 32.8 Å². The van der Waals surface area contributed by atoms with E-state index >= 15 is 0 Å². The van der Waals surface area contributed by atoms with Gasteiger partial charge in [0.1, 0.15) is 5.69 Å². The number of rotatable bonds is 5. The lowest BCUT2D eigenvalue weighted by atomic mass is 9.98. The molecule has 94 valence electrons. The highest BCUT2D eigenvalue weighted by Crippen LogP contribution is 2.31. The van der Waals surface area contributed by atoms with Crippen LogP contribution in [0.3, 0.4) is 0 Å². The zero-order valence-electron chi connectivity index (χ0n) is 10.3. The highest BCUT2D eigenvalue weighted by Gasteiger charge is 2.21. The average Bonchev–Trinajstić information content (AvgIpc) is 2.15. The zero-order valence-corrected chi connectivity index (χ0v) is 11.9. The Morgan fingerprint density at radius 1 is 1.47 bits per heavy atom. The number of halogens is 1. The molecule has 5 heteroatoms. The molecule has 0 bridgehead atoms. The van der Waals surface area contributed by atoms with E-state index in [-0.39, 0.29) is 16.1 Å². The number of benzene rings is 1. The van der Waals surface area contributed by atoms with Gasteiger partial charge in [0, 0.05) is 16.1 Å². The van der Waals surface area contributed by atoms with Crippen LogP contribution in [0.2, 0.25) is 0 Å². The molecule has 0 unspecified atom stereocenters. The molecule has 0 saturated carbocycles. The van der Waals surface area contributed by atoms with Gasteiger partial charge in [0.15, 0.2) is 0 Å². The van der Waals surface area contributed by atoms with Gasteiger partial charge in [-0.05, 0) is 32.4 Å². The standard InChI is InChI=1S/C12H17BrN2O2/c1-4-7-12(2,3)14-10-8-9(13)5-6-11(10)15(16)17/h5-6,8,14H,4,7H2,1-3H3. The first kappa shape index (κ1) is 14.0. The normalized spacial score (nSPS) is 11.3. The van der Waals surface area contributed by atoms with E-state index in [4.69, 9.17) is 0 Å². The van der Waals surface area contributed by atoms with Gasteiger partial charge in [-0.25, -0.2) is 0 Å². The van der Waals surface area contributed by atoms with Crippen molar-refractivity contribution in [2.45, 2.75) is 39.2 Å². The number of nitrogens with zero attached hydrogens (tertiary/aromatic N) is 1. The van der Waals surface area contributed by atoms with Crippen LogP contribution in [0, 0.1) is 10.1 Å². The van der Waals surface area contributed by atoms with Gasteiger partial charge in [-0.3, -0.25) is 10.1 Å². The maximum Gasteiger partial charge on any atom is 0.292 e. The Balaban J connectivity index is 3.04. The molecule has 0 atom stereocenters. The molecule has 0 spiro atoms. The lowest BCUT2D eigenvalue weighted by molar-refractivity contribution is -0.384. The summed E-state index contributed by atoms with van der Waals surface area (Å²) in [5.41, 5.74) is 0.514. The average molecular weight is 301 g/mol. The molecule has 1 N–H and O–H groups in total. The second kappa shape index (κ2) is 5.49. The van der Waals surface area contributed by atoms with Gasteiger partial charge >= 0.3 is 0 Å². The zero-order chi connectivity index (χ0) is 13.1. The predicted octanol–water partition coefficient (Wildman–Crippen LogP) is 4.35. The summed E-state index contributed by atoms with van der Waals surface area (Å²) in [5, 5.41) is 14.2. The van der Waals surface area contributed by atoms with Crippen LogP contribution in [0.4, 0.5) is 11.4 Å². The number of anilines is 1. The van der Waals surface area contributed by atoms with Crippen LogP contribution < -0.4 is 5.32 Å². The van der Waals surface area contributed by atoms with Gasteiger partial charge in [-0.15, -0.1) is 0 Å². The summed E-state index contributed by atoms with van der Waals surface area (Å²) in [6.07, 6.45) is 1.98. The third-order valence-corrected chi connectivity index (χ3v) is 3.00. The van der Waals surface area contributed by atoms with Crippen molar-refractivity contribution in [3.8, 4) is 0 Å². The van der Waals surface area contributed by atoms with Gasteiger partial charge in [-0.1, -0.05) is 29.3 Å². The van der Waals surface area contributed by atoms with Gasteiger partial charge in [0.2, 0.25) is 0 Å². The summed E-state index contributed by atoms with van der Waals surface area (Å²) < 4.78 is 0.831.